The maximum Gasteiger partial charge on any atom is 0.416 e. The number of aliphatic hydroxyl groups is 1. The smallest absolute Gasteiger partial charge is 0.416 e. The number of fused-ring (bicyclic) bond motifs is 1. The summed E-state index contributed by atoms with van der Waals surface area (Å²) in [6.45, 7) is 1.76. The number of ether oxygens (including phenoxy) is 1. The zero-order chi connectivity index (χ0) is 35.3. The summed E-state index contributed by atoms with van der Waals surface area (Å²) in [7, 11) is 0. The summed E-state index contributed by atoms with van der Waals surface area (Å²) in [6.07, 6.45) is -4.23. The molecule has 0 bridgehead atoms. The zero-order valence-electron chi connectivity index (χ0n) is 27.1. The number of pyridine rings is 1. The van der Waals surface area contributed by atoms with Crippen LogP contribution >= 0.6 is 0 Å². The van der Waals surface area contributed by atoms with Gasteiger partial charge in [0.05, 0.1) is 29.8 Å². The van der Waals surface area contributed by atoms with Crippen molar-refractivity contribution in [1.29, 1.82) is 0 Å². The number of aromatic nitrogens is 3. The van der Waals surface area contributed by atoms with Crippen molar-refractivity contribution in [3.63, 3.8) is 0 Å². The quantitative estimate of drug-likeness (QED) is 0.248. The number of hydrogen-bond acceptors (Lipinski definition) is 6. The Morgan fingerprint density at radius 1 is 0.898 bits per heavy atom. The van der Waals surface area contributed by atoms with Gasteiger partial charge in [-0.05, 0) is 73.1 Å². The zero-order valence-corrected chi connectivity index (χ0v) is 27.1. The monoisotopic (exact) mass is 698 g/mol. The van der Waals surface area contributed by atoms with Gasteiger partial charge in [0.15, 0.2) is 11.9 Å². The second-order valence-electron chi connectivity index (χ2n) is 14.2. The number of hydrogen-bond donors (Lipinski definition) is 1. The lowest BCUT2D eigenvalue weighted by Gasteiger charge is -2.41. The van der Waals surface area contributed by atoms with E-state index in [0.29, 0.717) is 67.2 Å². The van der Waals surface area contributed by atoms with Crippen molar-refractivity contribution >= 4 is 5.95 Å². The van der Waals surface area contributed by atoms with Gasteiger partial charge in [-0.2, -0.15) is 22.0 Å². The molecule has 6 rings (SSSR count). The van der Waals surface area contributed by atoms with Crippen LogP contribution in [0.3, 0.4) is 0 Å². The molecule has 2 unspecified atom stereocenters. The van der Waals surface area contributed by atoms with Crippen LogP contribution < -0.4 is 9.64 Å². The van der Waals surface area contributed by atoms with E-state index in [2.05, 4.69) is 14.7 Å². The van der Waals surface area contributed by atoms with Crippen molar-refractivity contribution in [2.24, 2.45) is 5.41 Å². The Morgan fingerprint density at radius 3 is 2.08 bits per heavy atom. The molecule has 3 aliphatic rings. The van der Waals surface area contributed by atoms with E-state index in [1.165, 1.54) is 0 Å². The van der Waals surface area contributed by atoms with E-state index in [1.807, 2.05) is 18.7 Å². The van der Waals surface area contributed by atoms with Gasteiger partial charge < -0.3 is 14.7 Å². The highest BCUT2D eigenvalue weighted by Crippen LogP contribution is 2.52. The fraction of sp³-hybridized carbons (Fsp3) is 0.571. The molecule has 49 heavy (non-hydrogen) atoms. The average molecular weight is 699 g/mol. The normalized spacial score (nSPS) is 22.2. The Bertz CT molecular complexity index is 1610. The van der Waals surface area contributed by atoms with Crippen LogP contribution in [0, 0.1) is 5.41 Å². The molecule has 2 aromatic heterocycles. The molecule has 0 radical (unpaired) electrons. The molecule has 14 heteroatoms. The highest BCUT2D eigenvalue weighted by atomic mass is 19.4. The van der Waals surface area contributed by atoms with E-state index in [9.17, 15) is 35.8 Å². The molecule has 2 fully saturated rings. The second kappa shape index (κ2) is 13.3. The summed E-state index contributed by atoms with van der Waals surface area (Å²) < 4.78 is 116. The maximum absolute atomic E-state index is 17.2. The van der Waals surface area contributed by atoms with Crippen LogP contribution in [0.5, 0.6) is 5.75 Å². The SMILES string of the molecule is CC1(C)Cc2nc(C3CCN(c4ncc(OC(F)F)cn4)CC3)c(C(F)c3ccc(C(F)(F)F)cc3)c(C3CCC(F)(F)CC3)c2C(O)C1. The first kappa shape index (κ1) is 35.3. The largest absolute Gasteiger partial charge is 0.432 e. The Hall–Kier alpha value is -3.55. The van der Waals surface area contributed by atoms with Crippen molar-refractivity contribution in [1.82, 2.24) is 15.0 Å². The average Bonchev–Trinajstić information content (AvgIpc) is 3.03. The third-order valence-electron chi connectivity index (χ3n) is 10.1. The van der Waals surface area contributed by atoms with Crippen LogP contribution in [-0.4, -0.2) is 45.7 Å². The third kappa shape index (κ3) is 7.63. The van der Waals surface area contributed by atoms with Crippen LogP contribution in [0.15, 0.2) is 36.7 Å². The van der Waals surface area contributed by atoms with Gasteiger partial charge in [0, 0.05) is 48.7 Å². The van der Waals surface area contributed by atoms with Crippen LogP contribution in [0.25, 0.3) is 0 Å². The molecule has 1 saturated heterocycles. The number of benzene rings is 1. The van der Waals surface area contributed by atoms with Crippen molar-refractivity contribution in [2.75, 3.05) is 18.0 Å². The van der Waals surface area contributed by atoms with Crippen LogP contribution in [0.4, 0.5) is 41.1 Å². The molecule has 0 spiro atoms. The number of aliphatic hydroxyl groups excluding tert-OH is 1. The topological polar surface area (TPSA) is 71.4 Å². The van der Waals surface area contributed by atoms with Crippen molar-refractivity contribution in [2.45, 2.75) is 108 Å². The van der Waals surface area contributed by atoms with Crippen LogP contribution in [0.1, 0.15) is 122 Å². The minimum atomic E-state index is -4.62. The lowest BCUT2D eigenvalue weighted by molar-refractivity contribution is -0.137. The Kier molecular flexibility index (Phi) is 9.57. The van der Waals surface area contributed by atoms with E-state index < -0.39 is 55.3 Å². The van der Waals surface area contributed by atoms with Gasteiger partial charge in [-0.3, -0.25) is 4.98 Å². The van der Waals surface area contributed by atoms with Gasteiger partial charge >= 0.3 is 12.8 Å². The minimum absolute atomic E-state index is 0.0269. The summed E-state index contributed by atoms with van der Waals surface area (Å²) in [5.74, 6) is -3.59. The molecule has 2 aliphatic carbocycles. The molecule has 2 atom stereocenters. The molecule has 3 heterocycles. The fourth-order valence-corrected chi connectivity index (χ4v) is 7.71. The molecule has 3 aromatic rings. The van der Waals surface area contributed by atoms with E-state index in [1.54, 1.807) is 0 Å². The lowest BCUT2D eigenvalue weighted by Crippen LogP contribution is -2.36. The predicted octanol–water partition coefficient (Wildman–Crippen LogP) is 9.23. The number of rotatable bonds is 7. The summed E-state index contributed by atoms with van der Waals surface area (Å²) in [5, 5.41) is 11.5. The van der Waals surface area contributed by atoms with Crippen molar-refractivity contribution in [3.8, 4) is 5.75 Å². The lowest BCUT2D eigenvalue weighted by atomic mass is 9.68. The van der Waals surface area contributed by atoms with E-state index in [4.69, 9.17) is 4.98 Å². The standard InChI is InChI=1S/C35H38F8N4O2/c1-33(2)15-24-27(25(48)16-33)26(19-7-11-34(39,40)12-8-19)28(29(36)20-3-5-22(6-4-20)35(41,42)43)30(46-24)21-9-13-47(14-10-21)32-44-17-23(18-45-32)49-31(37)38/h3-6,17-19,21,25,29,31,48H,7-16H2,1-2H3. The predicted molar refractivity (Wildman–Crippen MR) is 165 cm³/mol. The Labute approximate surface area is 278 Å². The first-order chi connectivity index (χ1) is 23.0. The number of piperidine rings is 1. The van der Waals surface area contributed by atoms with Crippen molar-refractivity contribution < 1.29 is 45.0 Å². The van der Waals surface area contributed by atoms with Gasteiger partial charge in [-0.15, -0.1) is 0 Å². The minimum Gasteiger partial charge on any atom is -0.432 e. The highest BCUT2D eigenvalue weighted by Gasteiger charge is 2.44. The summed E-state index contributed by atoms with van der Waals surface area (Å²) in [5.41, 5.74) is 0.781. The summed E-state index contributed by atoms with van der Waals surface area (Å²) in [6, 6.07) is 3.83. The second-order valence-corrected chi connectivity index (χ2v) is 14.2. The number of halogens is 8. The van der Waals surface area contributed by atoms with Crippen molar-refractivity contribution in [3.05, 3.63) is 75.9 Å². The Balaban J connectivity index is 1.42. The molecule has 1 aliphatic heterocycles. The Morgan fingerprint density at radius 2 is 1.51 bits per heavy atom. The van der Waals surface area contributed by atoms with E-state index in [-0.39, 0.29) is 41.1 Å². The number of nitrogens with zero attached hydrogens (tertiary/aromatic N) is 4. The maximum atomic E-state index is 17.2. The molecule has 0 amide bonds. The highest BCUT2D eigenvalue weighted by molar-refractivity contribution is 5.51. The summed E-state index contributed by atoms with van der Waals surface area (Å²) in [4.78, 5) is 15.2. The number of alkyl halides is 8. The molecule has 266 valence electrons. The molecule has 1 N–H and O–H groups in total. The van der Waals surface area contributed by atoms with Gasteiger partial charge in [0.2, 0.25) is 11.9 Å². The van der Waals surface area contributed by atoms with Gasteiger partial charge in [-0.1, -0.05) is 26.0 Å². The fourth-order valence-electron chi connectivity index (χ4n) is 7.71. The van der Waals surface area contributed by atoms with E-state index in [0.717, 1.165) is 36.7 Å². The van der Waals surface area contributed by atoms with Gasteiger partial charge in [-0.25, -0.2) is 23.1 Å². The van der Waals surface area contributed by atoms with Crippen LogP contribution in [-0.2, 0) is 12.6 Å². The van der Waals surface area contributed by atoms with Gasteiger partial charge in [0.25, 0.3) is 0 Å². The summed E-state index contributed by atoms with van der Waals surface area (Å²) >= 11 is 0. The van der Waals surface area contributed by atoms with Crippen LogP contribution in [0.2, 0.25) is 0 Å². The van der Waals surface area contributed by atoms with Gasteiger partial charge in [0.1, 0.15) is 0 Å². The molecule has 6 nitrogen and oxygen atoms in total. The first-order valence-electron chi connectivity index (χ1n) is 16.5. The molecular weight excluding hydrogens is 660 g/mol. The molecular formula is C35H38F8N4O2. The van der Waals surface area contributed by atoms with E-state index >= 15 is 4.39 Å². The third-order valence-corrected chi connectivity index (χ3v) is 10.1. The first-order valence-corrected chi connectivity index (χ1v) is 16.5. The molecule has 1 saturated carbocycles. The number of anilines is 1. The molecule has 1 aromatic carbocycles.